The van der Waals surface area contributed by atoms with Gasteiger partial charge in [-0.3, -0.25) is 14.6 Å². The van der Waals surface area contributed by atoms with Gasteiger partial charge in [0.2, 0.25) is 5.88 Å². The number of carbonyl (C=O) groups excluding carboxylic acids is 1. The standard InChI is InChI=1S/C31H38FN5O3.ClH/c1-2-8-35-9-11-36(12-10-35)21-23-6-7-28(25(17-23)22-37-13-15-39-16-14-37)24-4-3-5-27(18-24)40-31-29(30(33)38)19-26(32)20-34-31;/h3-7,17-20H,2,8-16,21-22H2,1H3,(H2,33,38);1H. The van der Waals surface area contributed by atoms with Crippen LogP contribution in [-0.4, -0.2) is 84.6 Å². The van der Waals surface area contributed by atoms with Gasteiger partial charge >= 0.3 is 0 Å². The quantitative estimate of drug-likeness (QED) is 0.374. The Morgan fingerprint density at radius 1 is 0.976 bits per heavy atom. The van der Waals surface area contributed by atoms with Crippen LogP contribution in [0.1, 0.15) is 34.8 Å². The number of nitrogens with two attached hydrogens (primary N) is 1. The first-order valence-electron chi connectivity index (χ1n) is 14.1. The molecule has 10 heteroatoms. The Morgan fingerprint density at radius 3 is 2.44 bits per heavy atom. The van der Waals surface area contributed by atoms with Crippen LogP contribution in [0.15, 0.2) is 54.7 Å². The van der Waals surface area contributed by atoms with Gasteiger partial charge in [0.15, 0.2) is 0 Å². The number of hydrogen-bond acceptors (Lipinski definition) is 7. The molecule has 1 aromatic heterocycles. The van der Waals surface area contributed by atoms with E-state index in [2.05, 4.69) is 44.8 Å². The molecule has 3 aromatic rings. The van der Waals surface area contributed by atoms with Crippen molar-refractivity contribution in [3.05, 3.63) is 77.2 Å². The van der Waals surface area contributed by atoms with Crippen molar-refractivity contribution in [1.82, 2.24) is 19.7 Å². The molecule has 0 bridgehead atoms. The van der Waals surface area contributed by atoms with Crippen LogP contribution in [-0.2, 0) is 17.8 Å². The van der Waals surface area contributed by atoms with Crippen molar-refractivity contribution < 1.29 is 18.7 Å². The highest BCUT2D eigenvalue weighted by Crippen LogP contribution is 2.32. The fourth-order valence-electron chi connectivity index (χ4n) is 5.43. The number of morpholine rings is 1. The van der Waals surface area contributed by atoms with Gasteiger partial charge in [-0.2, -0.15) is 0 Å². The van der Waals surface area contributed by atoms with Crippen molar-refractivity contribution in [3.8, 4) is 22.8 Å². The zero-order valence-corrected chi connectivity index (χ0v) is 24.4. The molecular weight excluding hydrogens is 545 g/mol. The third-order valence-corrected chi connectivity index (χ3v) is 7.52. The van der Waals surface area contributed by atoms with Crippen LogP contribution < -0.4 is 10.5 Å². The average Bonchev–Trinajstić information content (AvgIpc) is 2.96. The molecule has 220 valence electrons. The number of rotatable bonds is 10. The number of benzene rings is 2. The van der Waals surface area contributed by atoms with E-state index < -0.39 is 11.7 Å². The van der Waals surface area contributed by atoms with Crippen molar-refractivity contribution >= 4 is 18.3 Å². The van der Waals surface area contributed by atoms with Crippen LogP contribution in [0.25, 0.3) is 11.1 Å². The Labute approximate surface area is 247 Å². The van der Waals surface area contributed by atoms with Crippen LogP contribution >= 0.6 is 12.4 Å². The van der Waals surface area contributed by atoms with Crippen molar-refractivity contribution in [3.63, 3.8) is 0 Å². The summed E-state index contributed by atoms with van der Waals surface area (Å²) < 4.78 is 25.1. The second-order valence-electron chi connectivity index (χ2n) is 10.5. The number of halogens is 2. The van der Waals surface area contributed by atoms with E-state index >= 15 is 0 Å². The van der Waals surface area contributed by atoms with Gasteiger partial charge in [0.25, 0.3) is 5.91 Å². The number of piperazine rings is 1. The zero-order chi connectivity index (χ0) is 27.9. The number of primary amides is 1. The maximum atomic E-state index is 13.7. The fourth-order valence-corrected chi connectivity index (χ4v) is 5.43. The Balaban J connectivity index is 0.00000387. The van der Waals surface area contributed by atoms with E-state index in [0.717, 1.165) is 89.0 Å². The minimum Gasteiger partial charge on any atom is -0.438 e. The van der Waals surface area contributed by atoms with Crippen LogP contribution in [0.5, 0.6) is 11.6 Å². The lowest BCUT2D eigenvalue weighted by molar-refractivity contribution is 0.0342. The molecule has 2 fully saturated rings. The van der Waals surface area contributed by atoms with E-state index in [1.54, 1.807) is 6.07 Å². The van der Waals surface area contributed by atoms with Gasteiger partial charge < -0.3 is 20.1 Å². The predicted octanol–water partition coefficient (Wildman–Crippen LogP) is 4.56. The summed E-state index contributed by atoms with van der Waals surface area (Å²) in [6.07, 6.45) is 2.21. The fraction of sp³-hybridized carbons (Fsp3) is 0.419. The third-order valence-electron chi connectivity index (χ3n) is 7.52. The molecule has 2 N–H and O–H groups in total. The molecule has 0 atom stereocenters. The first-order chi connectivity index (χ1) is 19.5. The summed E-state index contributed by atoms with van der Waals surface area (Å²) in [7, 11) is 0. The van der Waals surface area contributed by atoms with Gasteiger partial charge in [0, 0.05) is 52.4 Å². The maximum absolute atomic E-state index is 13.7. The minimum absolute atomic E-state index is 0. The molecule has 0 radical (unpaired) electrons. The van der Waals surface area contributed by atoms with E-state index in [9.17, 15) is 9.18 Å². The van der Waals surface area contributed by atoms with Crippen molar-refractivity contribution in [1.29, 1.82) is 0 Å². The zero-order valence-electron chi connectivity index (χ0n) is 23.6. The van der Waals surface area contributed by atoms with Crippen LogP contribution in [0, 0.1) is 5.82 Å². The van der Waals surface area contributed by atoms with Crippen LogP contribution in [0.2, 0.25) is 0 Å². The number of aromatic nitrogens is 1. The molecule has 5 rings (SSSR count). The van der Waals surface area contributed by atoms with Gasteiger partial charge in [0.05, 0.1) is 19.4 Å². The van der Waals surface area contributed by atoms with Gasteiger partial charge in [-0.05, 0) is 53.4 Å². The van der Waals surface area contributed by atoms with E-state index in [0.29, 0.717) is 5.75 Å². The molecule has 41 heavy (non-hydrogen) atoms. The molecule has 8 nitrogen and oxygen atoms in total. The molecule has 0 spiro atoms. The summed E-state index contributed by atoms with van der Waals surface area (Å²) >= 11 is 0. The molecule has 2 aromatic carbocycles. The van der Waals surface area contributed by atoms with Crippen molar-refractivity contribution in [2.45, 2.75) is 26.4 Å². The lowest BCUT2D eigenvalue weighted by atomic mass is 9.96. The molecule has 2 aliphatic heterocycles. The molecule has 0 unspecified atom stereocenters. The topological polar surface area (TPSA) is 84.2 Å². The first kappa shape index (κ1) is 30.9. The molecular formula is C31H39ClFN5O3. The smallest absolute Gasteiger partial charge is 0.254 e. The Kier molecular flexibility index (Phi) is 11.1. The summed E-state index contributed by atoms with van der Waals surface area (Å²) in [5.74, 6) is -0.974. The van der Waals surface area contributed by atoms with Gasteiger partial charge in [-0.1, -0.05) is 37.3 Å². The SMILES string of the molecule is CCCN1CCN(Cc2ccc(-c3cccc(Oc4ncc(F)cc4C(N)=O)c3)c(CN3CCOCC3)c2)CC1.Cl. The molecule has 0 aliphatic carbocycles. The first-order valence-corrected chi connectivity index (χ1v) is 14.1. The highest BCUT2D eigenvalue weighted by molar-refractivity contribution is 5.95. The molecule has 2 saturated heterocycles. The Morgan fingerprint density at radius 2 is 1.71 bits per heavy atom. The number of hydrogen-bond donors (Lipinski definition) is 1. The van der Waals surface area contributed by atoms with E-state index in [1.165, 1.54) is 24.1 Å². The normalized spacial score (nSPS) is 16.7. The summed E-state index contributed by atoms with van der Waals surface area (Å²) in [5.41, 5.74) is 9.99. The summed E-state index contributed by atoms with van der Waals surface area (Å²) in [6, 6.07) is 15.4. The Hall–Kier alpha value is -3.08. The lowest BCUT2D eigenvalue weighted by Gasteiger charge is -2.34. The summed E-state index contributed by atoms with van der Waals surface area (Å²) in [4.78, 5) is 23.3. The van der Waals surface area contributed by atoms with Gasteiger partial charge in [-0.15, -0.1) is 12.4 Å². The minimum atomic E-state index is -0.798. The number of amides is 1. The highest BCUT2D eigenvalue weighted by Gasteiger charge is 2.19. The molecule has 0 saturated carbocycles. The second-order valence-corrected chi connectivity index (χ2v) is 10.5. The average molecular weight is 584 g/mol. The van der Waals surface area contributed by atoms with E-state index in [-0.39, 0.29) is 23.9 Å². The van der Waals surface area contributed by atoms with Crippen LogP contribution in [0.4, 0.5) is 4.39 Å². The monoisotopic (exact) mass is 583 g/mol. The van der Waals surface area contributed by atoms with E-state index in [1.807, 2.05) is 18.2 Å². The number of ether oxygens (including phenoxy) is 2. The second kappa shape index (κ2) is 14.7. The van der Waals surface area contributed by atoms with Crippen LogP contribution in [0.3, 0.4) is 0 Å². The van der Waals surface area contributed by atoms with Crippen molar-refractivity contribution in [2.24, 2.45) is 5.73 Å². The predicted molar refractivity (Wildman–Crippen MR) is 160 cm³/mol. The highest BCUT2D eigenvalue weighted by atomic mass is 35.5. The number of pyridine rings is 1. The largest absolute Gasteiger partial charge is 0.438 e. The summed E-state index contributed by atoms with van der Waals surface area (Å²) in [5, 5.41) is 0. The lowest BCUT2D eigenvalue weighted by Crippen LogP contribution is -2.46. The van der Waals surface area contributed by atoms with E-state index in [4.69, 9.17) is 15.2 Å². The van der Waals surface area contributed by atoms with Crippen molar-refractivity contribution in [2.75, 3.05) is 59.0 Å². The van der Waals surface area contributed by atoms with Gasteiger partial charge in [-0.25, -0.2) is 9.37 Å². The number of nitrogens with zero attached hydrogens (tertiary/aromatic N) is 4. The third kappa shape index (κ3) is 8.24. The molecule has 1 amide bonds. The van der Waals surface area contributed by atoms with Gasteiger partial charge in [0.1, 0.15) is 17.1 Å². The summed E-state index contributed by atoms with van der Waals surface area (Å²) in [6.45, 7) is 12.9. The maximum Gasteiger partial charge on any atom is 0.254 e. The molecule has 3 heterocycles. The molecule has 2 aliphatic rings. The Bertz CT molecular complexity index is 1310. The number of carbonyl (C=O) groups is 1.